The first-order chi connectivity index (χ1) is 11.2. The summed E-state index contributed by atoms with van der Waals surface area (Å²) in [6.45, 7) is 10.7. The molecule has 0 radical (unpaired) electrons. The maximum absolute atomic E-state index is 12.3. The Bertz CT molecular complexity index is 769. The molecule has 1 amide bonds. The standard InChI is InChI=1S/C19H23NO4/c1-10-8-7-9-11(2)17(10)20-18(21)15(6)24-19(22)16-12(3)13(4)23-14(16)5/h7-9,15H,1-6H3,(H,20,21)/t15-/m0/s1. The molecule has 0 bridgehead atoms. The SMILES string of the molecule is Cc1cccc(C)c1NC(=O)[C@H](C)OC(=O)c1c(C)oc(C)c1C. The van der Waals surface area contributed by atoms with E-state index in [1.54, 1.807) is 27.7 Å². The van der Waals surface area contributed by atoms with E-state index in [2.05, 4.69) is 5.32 Å². The monoisotopic (exact) mass is 329 g/mol. The Hall–Kier alpha value is -2.56. The number of rotatable bonds is 4. The van der Waals surface area contributed by atoms with E-state index in [1.807, 2.05) is 32.0 Å². The van der Waals surface area contributed by atoms with Crippen LogP contribution < -0.4 is 5.32 Å². The number of hydrogen-bond donors (Lipinski definition) is 1. The first kappa shape index (κ1) is 17.8. The van der Waals surface area contributed by atoms with Gasteiger partial charge in [0.05, 0.1) is 0 Å². The van der Waals surface area contributed by atoms with E-state index in [-0.39, 0.29) is 5.91 Å². The fourth-order valence-electron chi connectivity index (χ4n) is 2.60. The molecule has 0 saturated carbocycles. The molecule has 1 N–H and O–H groups in total. The highest BCUT2D eigenvalue weighted by atomic mass is 16.5. The van der Waals surface area contributed by atoms with Gasteiger partial charge in [0.2, 0.25) is 0 Å². The highest BCUT2D eigenvalue weighted by Gasteiger charge is 2.25. The van der Waals surface area contributed by atoms with Gasteiger partial charge in [-0.25, -0.2) is 4.79 Å². The second kappa shape index (κ2) is 6.91. The van der Waals surface area contributed by atoms with Crippen LogP contribution in [-0.2, 0) is 9.53 Å². The lowest BCUT2D eigenvalue weighted by atomic mass is 10.1. The molecule has 5 heteroatoms. The van der Waals surface area contributed by atoms with Crippen molar-refractivity contribution in [1.82, 2.24) is 0 Å². The Morgan fingerprint density at radius 2 is 1.62 bits per heavy atom. The van der Waals surface area contributed by atoms with Gasteiger partial charge in [-0.15, -0.1) is 0 Å². The molecule has 1 aromatic heterocycles. The summed E-state index contributed by atoms with van der Waals surface area (Å²) in [5, 5.41) is 2.83. The average molecular weight is 329 g/mol. The Morgan fingerprint density at radius 1 is 1.04 bits per heavy atom. The minimum absolute atomic E-state index is 0.365. The predicted molar refractivity (Wildman–Crippen MR) is 92.3 cm³/mol. The fourth-order valence-corrected chi connectivity index (χ4v) is 2.60. The quantitative estimate of drug-likeness (QED) is 0.861. The zero-order valence-corrected chi connectivity index (χ0v) is 14.9. The number of ether oxygens (including phenoxy) is 1. The highest BCUT2D eigenvalue weighted by molar-refractivity contribution is 5.99. The van der Waals surface area contributed by atoms with Crippen molar-refractivity contribution in [2.75, 3.05) is 5.32 Å². The maximum atomic E-state index is 12.3. The number of carbonyl (C=O) groups is 2. The average Bonchev–Trinajstić information content (AvgIpc) is 2.75. The van der Waals surface area contributed by atoms with E-state index in [9.17, 15) is 9.59 Å². The molecule has 128 valence electrons. The first-order valence-corrected chi connectivity index (χ1v) is 7.87. The van der Waals surface area contributed by atoms with Crippen LogP contribution in [0.3, 0.4) is 0 Å². The summed E-state index contributed by atoms with van der Waals surface area (Å²) < 4.78 is 10.7. The van der Waals surface area contributed by atoms with Gasteiger partial charge in [0, 0.05) is 11.3 Å². The summed E-state index contributed by atoms with van der Waals surface area (Å²) in [5.74, 6) is 0.256. The zero-order valence-electron chi connectivity index (χ0n) is 14.9. The molecule has 2 aromatic rings. The van der Waals surface area contributed by atoms with Gasteiger partial charge in [0.15, 0.2) is 6.10 Å². The van der Waals surface area contributed by atoms with Gasteiger partial charge in [-0.1, -0.05) is 18.2 Å². The van der Waals surface area contributed by atoms with E-state index >= 15 is 0 Å². The van der Waals surface area contributed by atoms with Crippen molar-refractivity contribution in [3.63, 3.8) is 0 Å². The number of benzene rings is 1. The Kier molecular flexibility index (Phi) is 5.12. The van der Waals surface area contributed by atoms with Gasteiger partial charge in [-0.3, -0.25) is 4.79 Å². The summed E-state index contributed by atoms with van der Waals surface area (Å²) in [5.41, 5.74) is 3.79. The molecular formula is C19H23NO4. The summed E-state index contributed by atoms with van der Waals surface area (Å²) in [4.78, 5) is 24.7. The van der Waals surface area contributed by atoms with Crippen molar-refractivity contribution in [3.8, 4) is 0 Å². The third-order valence-corrected chi connectivity index (χ3v) is 4.15. The van der Waals surface area contributed by atoms with Crippen LogP contribution in [0.25, 0.3) is 0 Å². The number of carbonyl (C=O) groups excluding carboxylic acids is 2. The molecule has 1 aromatic carbocycles. The Balaban J connectivity index is 2.10. The molecule has 1 atom stereocenters. The molecule has 5 nitrogen and oxygen atoms in total. The molecule has 0 unspecified atom stereocenters. The third-order valence-electron chi connectivity index (χ3n) is 4.15. The number of hydrogen-bond acceptors (Lipinski definition) is 4. The van der Waals surface area contributed by atoms with E-state index in [1.165, 1.54) is 0 Å². The molecule has 0 fully saturated rings. The van der Waals surface area contributed by atoms with Crippen molar-refractivity contribution in [2.45, 2.75) is 47.6 Å². The minimum atomic E-state index is -0.912. The normalized spacial score (nSPS) is 11.9. The Labute approximate surface area is 142 Å². The van der Waals surface area contributed by atoms with E-state index in [0.29, 0.717) is 17.1 Å². The number of esters is 1. The number of anilines is 1. The highest BCUT2D eigenvalue weighted by Crippen LogP contribution is 2.23. The molecule has 0 aliphatic rings. The lowest BCUT2D eigenvalue weighted by Crippen LogP contribution is -2.30. The molecular weight excluding hydrogens is 306 g/mol. The summed E-state index contributed by atoms with van der Waals surface area (Å²) >= 11 is 0. The van der Waals surface area contributed by atoms with Crippen LogP contribution in [0.4, 0.5) is 5.69 Å². The van der Waals surface area contributed by atoms with Crippen molar-refractivity contribution in [3.05, 3.63) is 52.0 Å². The lowest BCUT2D eigenvalue weighted by Gasteiger charge is -2.16. The van der Waals surface area contributed by atoms with Crippen LogP contribution in [-0.4, -0.2) is 18.0 Å². The van der Waals surface area contributed by atoms with Crippen LogP contribution >= 0.6 is 0 Å². The number of furan rings is 1. The summed E-state index contributed by atoms with van der Waals surface area (Å²) in [7, 11) is 0. The molecule has 2 rings (SSSR count). The van der Waals surface area contributed by atoms with Crippen LogP contribution in [0.2, 0.25) is 0 Å². The number of para-hydroxylation sites is 1. The van der Waals surface area contributed by atoms with E-state index < -0.39 is 12.1 Å². The van der Waals surface area contributed by atoms with Crippen molar-refractivity contribution < 1.29 is 18.7 Å². The number of aryl methyl sites for hydroxylation is 4. The van der Waals surface area contributed by atoms with Crippen molar-refractivity contribution in [1.29, 1.82) is 0 Å². The largest absolute Gasteiger partial charge is 0.465 e. The van der Waals surface area contributed by atoms with Crippen LogP contribution in [0.15, 0.2) is 22.6 Å². The van der Waals surface area contributed by atoms with Gasteiger partial charge in [-0.2, -0.15) is 0 Å². The smallest absolute Gasteiger partial charge is 0.342 e. The third kappa shape index (κ3) is 3.50. The topological polar surface area (TPSA) is 68.5 Å². The number of amides is 1. The summed E-state index contributed by atoms with van der Waals surface area (Å²) in [6.07, 6.45) is -0.912. The fraction of sp³-hybridized carbons (Fsp3) is 0.368. The van der Waals surface area contributed by atoms with Gasteiger partial charge in [-0.05, 0) is 52.7 Å². The van der Waals surface area contributed by atoms with Crippen LogP contribution in [0.1, 0.15) is 45.5 Å². The van der Waals surface area contributed by atoms with Crippen LogP contribution in [0.5, 0.6) is 0 Å². The second-order valence-corrected chi connectivity index (χ2v) is 6.02. The molecule has 0 spiro atoms. The Morgan fingerprint density at radius 3 is 2.12 bits per heavy atom. The molecule has 0 aliphatic carbocycles. The predicted octanol–water partition coefficient (Wildman–Crippen LogP) is 4.01. The van der Waals surface area contributed by atoms with Crippen LogP contribution in [0, 0.1) is 34.6 Å². The molecule has 24 heavy (non-hydrogen) atoms. The van der Waals surface area contributed by atoms with Gasteiger partial charge in [0.25, 0.3) is 5.91 Å². The zero-order chi connectivity index (χ0) is 18.0. The van der Waals surface area contributed by atoms with E-state index in [0.717, 1.165) is 22.4 Å². The van der Waals surface area contributed by atoms with Crippen molar-refractivity contribution in [2.24, 2.45) is 0 Å². The second-order valence-electron chi connectivity index (χ2n) is 6.02. The van der Waals surface area contributed by atoms with Crippen molar-refractivity contribution >= 4 is 17.6 Å². The molecule has 0 aliphatic heterocycles. The van der Waals surface area contributed by atoms with Gasteiger partial charge >= 0.3 is 5.97 Å². The number of nitrogens with one attached hydrogen (secondary N) is 1. The minimum Gasteiger partial charge on any atom is -0.465 e. The molecule has 1 heterocycles. The summed E-state index contributed by atoms with van der Waals surface area (Å²) in [6, 6.07) is 5.76. The van der Waals surface area contributed by atoms with Gasteiger partial charge < -0.3 is 14.5 Å². The molecule has 0 saturated heterocycles. The lowest BCUT2D eigenvalue weighted by molar-refractivity contribution is -0.123. The first-order valence-electron chi connectivity index (χ1n) is 7.87. The van der Waals surface area contributed by atoms with Gasteiger partial charge in [0.1, 0.15) is 17.1 Å². The van der Waals surface area contributed by atoms with E-state index in [4.69, 9.17) is 9.15 Å². The maximum Gasteiger partial charge on any atom is 0.342 e.